The topological polar surface area (TPSA) is 44.8 Å². The number of aromatic nitrogens is 3. The van der Waals surface area contributed by atoms with E-state index in [0.717, 1.165) is 28.7 Å². The van der Waals surface area contributed by atoms with Gasteiger partial charge < -0.3 is 9.88 Å². The number of anilines is 1. The molecule has 7 heteroatoms. The predicted molar refractivity (Wildman–Crippen MR) is 82.1 cm³/mol. The summed E-state index contributed by atoms with van der Waals surface area (Å²) in [5, 5.41) is 1.04. The van der Waals surface area contributed by atoms with Gasteiger partial charge in [-0.2, -0.15) is 13.2 Å². The van der Waals surface area contributed by atoms with Crippen molar-refractivity contribution in [1.29, 1.82) is 0 Å². The van der Waals surface area contributed by atoms with Gasteiger partial charge in [0.1, 0.15) is 5.69 Å². The number of rotatable bonds is 4. The molecule has 0 aliphatic rings. The quantitative estimate of drug-likeness (QED) is 0.790. The van der Waals surface area contributed by atoms with Gasteiger partial charge in [-0.05, 0) is 24.6 Å². The van der Waals surface area contributed by atoms with E-state index in [1.807, 2.05) is 37.4 Å². The average molecular weight is 320 g/mol. The van der Waals surface area contributed by atoms with Crippen molar-refractivity contribution in [3.05, 3.63) is 54.0 Å². The lowest BCUT2D eigenvalue weighted by Crippen LogP contribution is -2.25. The number of aromatic amines is 1. The van der Waals surface area contributed by atoms with Gasteiger partial charge in [0.15, 0.2) is 0 Å². The number of nitrogens with one attached hydrogen (secondary N) is 1. The summed E-state index contributed by atoms with van der Waals surface area (Å²) < 4.78 is 38.4. The molecule has 3 rings (SSSR count). The van der Waals surface area contributed by atoms with Crippen LogP contribution >= 0.6 is 0 Å². The molecule has 0 unspecified atom stereocenters. The smallest absolute Gasteiger partial charge is 0.361 e. The fourth-order valence-electron chi connectivity index (χ4n) is 2.45. The van der Waals surface area contributed by atoms with Gasteiger partial charge in [0.05, 0.1) is 0 Å². The first-order valence-electron chi connectivity index (χ1n) is 7.19. The van der Waals surface area contributed by atoms with Crippen molar-refractivity contribution in [2.45, 2.75) is 19.6 Å². The molecule has 0 spiro atoms. The van der Waals surface area contributed by atoms with E-state index >= 15 is 0 Å². The van der Waals surface area contributed by atoms with Gasteiger partial charge in [-0.15, -0.1) is 0 Å². The van der Waals surface area contributed by atoms with Crippen LogP contribution in [0, 0.1) is 0 Å². The van der Waals surface area contributed by atoms with Crippen LogP contribution in [0.3, 0.4) is 0 Å². The number of benzene rings is 1. The first kappa shape index (κ1) is 15.3. The number of para-hydroxylation sites is 1. The van der Waals surface area contributed by atoms with E-state index in [4.69, 9.17) is 0 Å². The van der Waals surface area contributed by atoms with Crippen molar-refractivity contribution in [1.82, 2.24) is 15.0 Å². The number of nitrogens with zero attached hydrogens (tertiary/aromatic N) is 3. The summed E-state index contributed by atoms with van der Waals surface area (Å²) in [6.07, 6.45) is -1.47. The molecule has 4 nitrogen and oxygen atoms in total. The van der Waals surface area contributed by atoms with Gasteiger partial charge in [-0.3, -0.25) is 0 Å². The van der Waals surface area contributed by atoms with E-state index in [1.165, 1.54) is 0 Å². The molecule has 0 saturated heterocycles. The standard InChI is InChI=1S/C16H15F3N4/c1-2-23(15-20-8-7-14(22-15)16(17,18)19)10-11-9-21-13-6-4-3-5-12(11)13/h3-9,21H,2,10H2,1H3. The van der Waals surface area contributed by atoms with Crippen LogP contribution in [0.4, 0.5) is 19.1 Å². The Balaban J connectivity index is 1.91. The second-order valence-electron chi connectivity index (χ2n) is 5.11. The van der Waals surface area contributed by atoms with Gasteiger partial charge in [-0.25, -0.2) is 9.97 Å². The summed E-state index contributed by atoms with van der Waals surface area (Å²) >= 11 is 0. The molecule has 0 bridgehead atoms. The molecule has 0 radical (unpaired) electrons. The molecule has 0 aliphatic carbocycles. The summed E-state index contributed by atoms with van der Waals surface area (Å²) in [7, 11) is 0. The molecule has 0 atom stereocenters. The molecular formula is C16H15F3N4. The minimum Gasteiger partial charge on any atom is -0.361 e. The summed E-state index contributed by atoms with van der Waals surface area (Å²) in [6, 6.07) is 8.66. The Hall–Kier alpha value is -2.57. The molecule has 120 valence electrons. The minimum atomic E-state index is -4.47. The van der Waals surface area contributed by atoms with Gasteiger partial charge in [0, 0.05) is 36.4 Å². The molecule has 2 heterocycles. The minimum absolute atomic E-state index is 0.0765. The molecule has 0 saturated carbocycles. The van der Waals surface area contributed by atoms with Crippen molar-refractivity contribution >= 4 is 16.9 Å². The summed E-state index contributed by atoms with van der Waals surface area (Å²) in [6.45, 7) is 2.79. The molecule has 23 heavy (non-hydrogen) atoms. The van der Waals surface area contributed by atoms with E-state index in [2.05, 4.69) is 15.0 Å². The number of halogens is 3. The van der Waals surface area contributed by atoms with E-state index in [9.17, 15) is 13.2 Å². The van der Waals surface area contributed by atoms with E-state index in [1.54, 1.807) is 4.90 Å². The normalized spacial score (nSPS) is 11.8. The van der Waals surface area contributed by atoms with Crippen LogP contribution in [0.5, 0.6) is 0 Å². The van der Waals surface area contributed by atoms with Crippen molar-refractivity contribution in [2.75, 3.05) is 11.4 Å². The molecule has 0 amide bonds. The Morgan fingerprint density at radius 1 is 1.17 bits per heavy atom. The lowest BCUT2D eigenvalue weighted by Gasteiger charge is -2.21. The number of hydrogen-bond donors (Lipinski definition) is 1. The molecule has 0 fully saturated rings. The van der Waals surface area contributed by atoms with Gasteiger partial charge >= 0.3 is 6.18 Å². The van der Waals surface area contributed by atoms with Crippen molar-refractivity contribution in [2.24, 2.45) is 0 Å². The van der Waals surface area contributed by atoms with Crippen LogP contribution in [-0.4, -0.2) is 21.5 Å². The lowest BCUT2D eigenvalue weighted by atomic mass is 10.1. The number of H-pyrrole nitrogens is 1. The highest BCUT2D eigenvalue weighted by Crippen LogP contribution is 2.28. The van der Waals surface area contributed by atoms with Crippen molar-refractivity contribution in [3.8, 4) is 0 Å². The first-order chi connectivity index (χ1) is 11.0. The Morgan fingerprint density at radius 2 is 1.96 bits per heavy atom. The SMILES string of the molecule is CCN(Cc1c[nH]c2ccccc12)c1nccc(C(F)(F)F)n1. The van der Waals surface area contributed by atoms with Gasteiger partial charge in [0.25, 0.3) is 0 Å². The third-order valence-electron chi connectivity index (χ3n) is 3.63. The first-order valence-corrected chi connectivity index (χ1v) is 7.19. The van der Waals surface area contributed by atoms with Crippen LogP contribution in [0.1, 0.15) is 18.2 Å². The largest absolute Gasteiger partial charge is 0.433 e. The summed E-state index contributed by atoms with van der Waals surface area (Å²) in [5.74, 6) is 0.0765. The molecule has 1 aromatic carbocycles. The van der Waals surface area contributed by atoms with Crippen LogP contribution in [0.2, 0.25) is 0 Å². The molecule has 1 N–H and O–H groups in total. The summed E-state index contributed by atoms with van der Waals surface area (Å²) in [4.78, 5) is 12.5. The van der Waals surface area contributed by atoms with Crippen LogP contribution < -0.4 is 4.90 Å². The highest BCUT2D eigenvalue weighted by atomic mass is 19.4. The van der Waals surface area contributed by atoms with Crippen molar-refractivity contribution in [3.63, 3.8) is 0 Å². The highest BCUT2D eigenvalue weighted by molar-refractivity contribution is 5.83. The Labute approximate surface area is 131 Å². The third kappa shape index (κ3) is 3.13. The number of hydrogen-bond acceptors (Lipinski definition) is 3. The fourth-order valence-corrected chi connectivity index (χ4v) is 2.45. The predicted octanol–water partition coefficient (Wildman–Crippen LogP) is 4.00. The molecular weight excluding hydrogens is 305 g/mol. The Kier molecular flexibility index (Phi) is 3.94. The zero-order valence-corrected chi connectivity index (χ0v) is 12.4. The maximum Gasteiger partial charge on any atom is 0.433 e. The van der Waals surface area contributed by atoms with Crippen LogP contribution in [-0.2, 0) is 12.7 Å². The van der Waals surface area contributed by atoms with Crippen molar-refractivity contribution < 1.29 is 13.2 Å². The van der Waals surface area contributed by atoms with Crippen LogP contribution in [0.15, 0.2) is 42.7 Å². The van der Waals surface area contributed by atoms with E-state index in [-0.39, 0.29) is 5.95 Å². The monoisotopic (exact) mass is 320 g/mol. The number of alkyl halides is 3. The fraction of sp³-hybridized carbons (Fsp3) is 0.250. The van der Waals surface area contributed by atoms with Crippen LogP contribution in [0.25, 0.3) is 10.9 Å². The Bertz CT molecular complexity index is 810. The second-order valence-corrected chi connectivity index (χ2v) is 5.11. The average Bonchev–Trinajstić information content (AvgIpc) is 2.95. The number of fused-ring (bicyclic) bond motifs is 1. The summed E-state index contributed by atoms with van der Waals surface area (Å²) in [5.41, 5.74) is 1.05. The molecule has 3 aromatic rings. The van der Waals surface area contributed by atoms with E-state index in [0.29, 0.717) is 13.1 Å². The van der Waals surface area contributed by atoms with Gasteiger partial charge in [0.2, 0.25) is 5.95 Å². The molecule has 2 aromatic heterocycles. The molecule has 0 aliphatic heterocycles. The zero-order chi connectivity index (χ0) is 16.4. The second kappa shape index (κ2) is 5.91. The Morgan fingerprint density at radius 3 is 2.70 bits per heavy atom. The van der Waals surface area contributed by atoms with E-state index < -0.39 is 11.9 Å². The third-order valence-corrected chi connectivity index (χ3v) is 3.63. The lowest BCUT2D eigenvalue weighted by molar-refractivity contribution is -0.141. The maximum absolute atomic E-state index is 12.8. The highest BCUT2D eigenvalue weighted by Gasteiger charge is 2.33. The zero-order valence-electron chi connectivity index (χ0n) is 12.4. The maximum atomic E-state index is 12.8. The van der Waals surface area contributed by atoms with Gasteiger partial charge in [-0.1, -0.05) is 18.2 Å².